The molecule has 0 fully saturated rings. The lowest BCUT2D eigenvalue weighted by Gasteiger charge is -2.23. The summed E-state index contributed by atoms with van der Waals surface area (Å²) in [4.78, 5) is 17.5. The Morgan fingerprint density at radius 3 is 2.81 bits per heavy atom. The second-order valence-electron chi connectivity index (χ2n) is 7.42. The summed E-state index contributed by atoms with van der Waals surface area (Å²) in [6.45, 7) is 10.3. The molecule has 1 aliphatic rings. The van der Waals surface area contributed by atoms with Crippen LogP contribution in [0.2, 0.25) is 0 Å². The number of esters is 1. The molecule has 0 aliphatic carbocycles. The predicted molar refractivity (Wildman–Crippen MR) is 107 cm³/mol. The van der Waals surface area contributed by atoms with Crippen molar-refractivity contribution in [1.29, 1.82) is 0 Å². The number of nitrogens with zero attached hydrogens (tertiary/aromatic N) is 1. The van der Waals surface area contributed by atoms with Crippen molar-refractivity contribution in [3.8, 4) is 5.75 Å². The molecule has 150 valence electrons. The van der Waals surface area contributed by atoms with E-state index in [0.29, 0.717) is 24.7 Å². The summed E-state index contributed by atoms with van der Waals surface area (Å²) in [5.41, 5.74) is 0.830. The van der Waals surface area contributed by atoms with Crippen molar-refractivity contribution in [3.05, 3.63) is 28.2 Å². The molecule has 27 heavy (non-hydrogen) atoms. The van der Waals surface area contributed by atoms with E-state index in [1.54, 1.807) is 13.0 Å². The molecule has 2 atom stereocenters. The first-order valence-corrected chi connectivity index (χ1v) is 10.0. The molecule has 0 amide bonds. The average molecular weight is 442 g/mol. The second-order valence-corrected chi connectivity index (χ2v) is 8.33. The maximum absolute atomic E-state index is 12.3. The van der Waals surface area contributed by atoms with Gasteiger partial charge in [-0.3, -0.25) is 0 Å². The third kappa shape index (κ3) is 6.50. The largest absolute Gasteiger partial charge is 0.478 e. The number of halogens is 1. The molecule has 2 rings (SSSR count). The van der Waals surface area contributed by atoms with Gasteiger partial charge in [-0.1, -0.05) is 34.4 Å². The molecule has 0 aromatic heterocycles. The van der Waals surface area contributed by atoms with Crippen molar-refractivity contribution in [2.24, 2.45) is 5.16 Å². The maximum atomic E-state index is 12.3. The highest BCUT2D eigenvalue weighted by atomic mass is 79.9. The number of unbranched alkanes of at least 4 members (excludes halogenated alkanes) is 1. The number of benzene rings is 1. The van der Waals surface area contributed by atoms with Gasteiger partial charge in [-0.25, -0.2) is 4.79 Å². The van der Waals surface area contributed by atoms with Crippen LogP contribution < -0.4 is 4.74 Å². The third-order valence-electron chi connectivity index (χ3n) is 3.77. The average Bonchev–Trinajstić information content (AvgIpc) is 3.03. The van der Waals surface area contributed by atoms with E-state index in [2.05, 4.69) is 28.0 Å². The number of carbonyl (C=O) groups is 1. The molecular formula is C20H28BrNO5. The molecule has 0 saturated carbocycles. The van der Waals surface area contributed by atoms with Gasteiger partial charge >= 0.3 is 5.97 Å². The van der Waals surface area contributed by atoms with Crippen molar-refractivity contribution in [3.63, 3.8) is 0 Å². The van der Waals surface area contributed by atoms with Crippen molar-refractivity contribution in [1.82, 2.24) is 0 Å². The fourth-order valence-corrected chi connectivity index (χ4v) is 2.82. The number of hydrogen-bond donors (Lipinski definition) is 0. The molecule has 0 bridgehead atoms. The summed E-state index contributed by atoms with van der Waals surface area (Å²) in [5, 5.41) is 4.15. The SMILES string of the molecule is CCCCO[C@@H]1CON=C1c1cc(Br)ccc1O[C@@H](C)C(=O)OC(C)(C)C. The van der Waals surface area contributed by atoms with E-state index in [4.69, 9.17) is 19.0 Å². The van der Waals surface area contributed by atoms with Crippen molar-refractivity contribution < 1.29 is 23.8 Å². The maximum Gasteiger partial charge on any atom is 0.347 e. The monoisotopic (exact) mass is 441 g/mol. The van der Waals surface area contributed by atoms with Crippen LogP contribution in [-0.4, -0.2) is 42.7 Å². The lowest BCUT2D eigenvalue weighted by molar-refractivity contribution is -0.162. The molecule has 1 aliphatic heterocycles. The fourth-order valence-electron chi connectivity index (χ4n) is 2.46. The van der Waals surface area contributed by atoms with Crippen LogP contribution in [0.4, 0.5) is 0 Å². The van der Waals surface area contributed by atoms with Crippen LogP contribution in [0.25, 0.3) is 0 Å². The number of rotatable bonds is 8. The lowest BCUT2D eigenvalue weighted by Crippen LogP contribution is -2.34. The highest BCUT2D eigenvalue weighted by Crippen LogP contribution is 2.29. The van der Waals surface area contributed by atoms with Gasteiger partial charge in [0, 0.05) is 16.6 Å². The molecule has 6 nitrogen and oxygen atoms in total. The van der Waals surface area contributed by atoms with Gasteiger partial charge in [0.1, 0.15) is 29.8 Å². The molecular weight excluding hydrogens is 414 g/mol. The Bertz CT molecular complexity index is 683. The summed E-state index contributed by atoms with van der Waals surface area (Å²) in [5.74, 6) is 0.113. The van der Waals surface area contributed by atoms with E-state index in [1.165, 1.54) is 0 Å². The Balaban J connectivity index is 2.18. The van der Waals surface area contributed by atoms with Gasteiger partial charge in [0.2, 0.25) is 0 Å². The number of hydrogen-bond acceptors (Lipinski definition) is 6. The lowest BCUT2D eigenvalue weighted by atomic mass is 10.0. The van der Waals surface area contributed by atoms with Crippen LogP contribution in [-0.2, 0) is 19.1 Å². The minimum Gasteiger partial charge on any atom is -0.478 e. The highest BCUT2D eigenvalue weighted by molar-refractivity contribution is 9.10. The van der Waals surface area contributed by atoms with E-state index in [-0.39, 0.29) is 6.10 Å². The number of ether oxygens (including phenoxy) is 3. The van der Waals surface area contributed by atoms with E-state index < -0.39 is 17.7 Å². The van der Waals surface area contributed by atoms with Gasteiger partial charge in [-0.05, 0) is 52.3 Å². The Morgan fingerprint density at radius 2 is 2.15 bits per heavy atom. The van der Waals surface area contributed by atoms with Crippen LogP contribution in [0.5, 0.6) is 5.75 Å². The van der Waals surface area contributed by atoms with E-state index >= 15 is 0 Å². The zero-order chi connectivity index (χ0) is 20.0. The Labute approximate surface area is 169 Å². The topological polar surface area (TPSA) is 66.3 Å². The minimum absolute atomic E-state index is 0.259. The van der Waals surface area contributed by atoms with E-state index in [1.807, 2.05) is 32.9 Å². The van der Waals surface area contributed by atoms with Crippen LogP contribution in [0.3, 0.4) is 0 Å². The number of carbonyl (C=O) groups excluding carboxylic acids is 1. The van der Waals surface area contributed by atoms with Gasteiger partial charge in [0.15, 0.2) is 6.10 Å². The Kier molecular flexibility index (Phi) is 7.68. The number of oxime groups is 1. The van der Waals surface area contributed by atoms with Gasteiger partial charge in [-0.15, -0.1) is 0 Å². The molecule has 0 N–H and O–H groups in total. The summed E-state index contributed by atoms with van der Waals surface area (Å²) in [7, 11) is 0. The standard InChI is InChI=1S/C20H28BrNO5/c1-6-7-10-24-17-12-25-22-18(17)15-11-14(21)8-9-16(15)26-13(2)19(23)27-20(3,4)5/h8-9,11,13,17H,6-7,10,12H2,1-5H3/t13-,17+/m0/s1. The summed E-state index contributed by atoms with van der Waals surface area (Å²) in [6.07, 6.45) is 1.01. The van der Waals surface area contributed by atoms with Crippen LogP contribution >= 0.6 is 15.9 Å². The molecule has 0 saturated heterocycles. The van der Waals surface area contributed by atoms with Crippen molar-refractivity contribution in [2.45, 2.75) is 65.3 Å². The minimum atomic E-state index is -0.758. The predicted octanol–water partition coefficient (Wildman–Crippen LogP) is 4.48. The van der Waals surface area contributed by atoms with Gasteiger partial charge in [0.05, 0.1) is 0 Å². The van der Waals surface area contributed by atoms with Crippen molar-refractivity contribution in [2.75, 3.05) is 13.2 Å². The molecule has 1 aromatic carbocycles. The van der Waals surface area contributed by atoms with Gasteiger partial charge in [-0.2, -0.15) is 0 Å². The summed E-state index contributed by atoms with van der Waals surface area (Å²) < 4.78 is 18.1. The van der Waals surface area contributed by atoms with Crippen LogP contribution in [0.1, 0.15) is 53.0 Å². The molecule has 0 unspecified atom stereocenters. The molecule has 1 heterocycles. The Morgan fingerprint density at radius 1 is 1.41 bits per heavy atom. The van der Waals surface area contributed by atoms with Crippen LogP contribution in [0.15, 0.2) is 27.8 Å². The van der Waals surface area contributed by atoms with E-state index in [0.717, 1.165) is 22.9 Å². The smallest absolute Gasteiger partial charge is 0.347 e. The summed E-state index contributed by atoms with van der Waals surface area (Å²) in [6, 6.07) is 5.54. The zero-order valence-electron chi connectivity index (χ0n) is 16.6. The first kappa shape index (κ1) is 21.7. The molecule has 0 spiro atoms. The third-order valence-corrected chi connectivity index (χ3v) is 4.26. The summed E-state index contributed by atoms with van der Waals surface area (Å²) >= 11 is 3.48. The van der Waals surface area contributed by atoms with Gasteiger partial charge in [0.25, 0.3) is 0 Å². The Hall–Kier alpha value is -1.60. The van der Waals surface area contributed by atoms with Gasteiger partial charge < -0.3 is 19.0 Å². The first-order valence-electron chi connectivity index (χ1n) is 9.22. The van der Waals surface area contributed by atoms with Crippen LogP contribution in [0, 0.1) is 0 Å². The highest BCUT2D eigenvalue weighted by Gasteiger charge is 2.30. The molecule has 0 radical (unpaired) electrons. The van der Waals surface area contributed by atoms with Crippen molar-refractivity contribution >= 4 is 27.6 Å². The van der Waals surface area contributed by atoms with E-state index in [9.17, 15) is 4.79 Å². The normalized spacial score (nSPS) is 17.9. The second kappa shape index (κ2) is 9.55. The quantitative estimate of drug-likeness (QED) is 0.439. The first-order chi connectivity index (χ1) is 12.7. The fraction of sp³-hybridized carbons (Fsp3) is 0.600. The molecule has 1 aromatic rings. The zero-order valence-corrected chi connectivity index (χ0v) is 18.2. The molecule has 7 heteroatoms.